The highest BCUT2D eigenvalue weighted by Gasteiger charge is 2.31. The van der Waals surface area contributed by atoms with Crippen LogP contribution in [0.5, 0.6) is 0 Å². The first-order valence-corrected chi connectivity index (χ1v) is 8.96. The first-order valence-electron chi connectivity index (χ1n) is 8.14. The summed E-state index contributed by atoms with van der Waals surface area (Å²) in [5.74, 6) is 0. The van der Waals surface area contributed by atoms with Gasteiger partial charge in [-0.25, -0.2) is 4.98 Å². The molecule has 1 fully saturated rings. The molecule has 1 unspecified atom stereocenters. The molecule has 0 amide bonds. The standard InChI is InChI=1S/C16H29N3S/c1-5-7-11-19(14-8-9-14)16-18-13(4)15(20-16)12(3)17-10-6-2/h12,14,17H,5-11H2,1-4H3. The van der Waals surface area contributed by atoms with Crippen LogP contribution < -0.4 is 10.2 Å². The van der Waals surface area contributed by atoms with Crippen molar-refractivity contribution >= 4 is 16.5 Å². The third-order valence-corrected chi connectivity index (χ3v) is 5.28. The van der Waals surface area contributed by atoms with E-state index < -0.39 is 0 Å². The van der Waals surface area contributed by atoms with Crippen molar-refractivity contribution in [2.75, 3.05) is 18.0 Å². The van der Waals surface area contributed by atoms with E-state index in [4.69, 9.17) is 4.98 Å². The lowest BCUT2D eigenvalue weighted by molar-refractivity contribution is 0.575. The number of thiazole rings is 1. The second-order valence-electron chi connectivity index (χ2n) is 5.90. The fourth-order valence-corrected chi connectivity index (χ4v) is 3.71. The Hall–Kier alpha value is -0.610. The van der Waals surface area contributed by atoms with E-state index in [0.29, 0.717) is 6.04 Å². The van der Waals surface area contributed by atoms with E-state index in [1.165, 1.54) is 54.4 Å². The lowest BCUT2D eigenvalue weighted by atomic mass is 10.2. The predicted octanol–water partition coefficient (Wildman–Crippen LogP) is 4.28. The fourth-order valence-electron chi connectivity index (χ4n) is 2.52. The molecule has 1 atom stereocenters. The summed E-state index contributed by atoms with van der Waals surface area (Å²) in [6.07, 6.45) is 6.41. The van der Waals surface area contributed by atoms with Crippen LogP contribution in [-0.4, -0.2) is 24.1 Å². The molecule has 0 radical (unpaired) electrons. The van der Waals surface area contributed by atoms with Gasteiger partial charge in [0.25, 0.3) is 0 Å². The van der Waals surface area contributed by atoms with Crippen molar-refractivity contribution in [3.63, 3.8) is 0 Å². The molecule has 1 aliphatic rings. The van der Waals surface area contributed by atoms with Gasteiger partial charge in [0.1, 0.15) is 0 Å². The maximum atomic E-state index is 4.86. The molecule has 2 rings (SSSR count). The van der Waals surface area contributed by atoms with Gasteiger partial charge in [-0.15, -0.1) is 11.3 Å². The van der Waals surface area contributed by atoms with Gasteiger partial charge < -0.3 is 10.2 Å². The Morgan fingerprint density at radius 2 is 2.10 bits per heavy atom. The van der Waals surface area contributed by atoms with Crippen molar-refractivity contribution in [2.45, 2.75) is 71.9 Å². The third-order valence-electron chi connectivity index (χ3n) is 3.90. The average molecular weight is 295 g/mol. The summed E-state index contributed by atoms with van der Waals surface area (Å²) in [5, 5.41) is 4.83. The minimum Gasteiger partial charge on any atom is -0.345 e. The Balaban J connectivity index is 2.07. The summed E-state index contributed by atoms with van der Waals surface area (Å²) in [6, 6.07) is 1.19. The fraction of sp³-hybridized carbons (Fsp3) is 0.812. The lowest BCUT2D eigenvalue weighted by Crippen LogP contribution is -2.26. The molecule has 3 nitrogen and oxygen atoms in total. The molecule has 0 aromatic carbocycles. The van der Waals surface area contributed by atoms with E-state index in [9.17, 15) is 0 Å². The van der Waals surface area contributed by atoms with Gasteiger partial charge in [0, 0.05) is 23.5 Å². The SMILES string of the molecule is CCCCN(c1nc(C)c(C(C)NCCC)s1)C1CC1. The Labute approximate surface area is 127 Å². The minimum absolute atomic E-state index is 0.424. The summed E-state index contributed by atoms with van der Waals surface area (Å²) in [7, 11) is 0. The smallest absolute Gasteiger partial charge is 0.186 e. The first-order chi connectivity index (χ1) is 9.67. The number of aryl methyl sites for hydroxylation is 1. The normalized spacial score (nSPS) is 16.4. The van der Waals surface area contributed by atoms with Crippen LogP contribution in [0.15, 0.2) is 0 Å². The van der Waals surface area contributed by atoms with Gasteiger partial charge in [0.2, 0.25) is 0 Å². The molecule has 1 aliphatic carbocycles. The van der Waals surface area contributed by atoms with E-state index in [1.54, 1.807) is 0 Å². The van der Waals surface area contributed by atoms with Gasteiger partial charge in [-0.1, -0.05) is 20.3 Å². The van der Waals surface area contributed by atoms with Gasteiger partial charge in [-0.3, -0.25) is 0 Å². The van der Waals surface area contributed by atoms with Crippen LogP contribution in [0, 0.1) is 6.92 Å². The highest BCUT2D eigenvalue weighted by molar-refractivity contribution is 7.15. The highest BCUT2D eigenvalue weighted by atomic mass is 32.1. The summed E-state index contributed by atoms with van der Waals surface area (Å²) in [6.45, 7) is 11.1. The zero-order valence-electron chi connectivity index (χ0n) is 13.4. The van der Waals surface area contributed by atoms with Gasteiger partial charge in [0.05, 0.1) is 5.69 Å². The molecular formula is C16H29N3S. The van der Waals surface area contributed by atoms with Gasteiger partial charge in [0.15, 0.2) is 5.13 Å². The highest BCUT2D eigenvalue weighted by Crippen LogP contribution is 2.37. The summed E-state index contributed by atoms with van der Waals surface area (Å²) in [4.78, 5) is 8.82. The number of hydrogen-bond acceptors (Lipinski definition) is 4. The van der Waals surface area contributed by atoms with Crippen LogP contribution >= 0.6 is 11.3 Å². The van der Waals surface area contributed by atoms with Crippen molar-refractivity contribution in [3.8, 4) is 0 Å². The van der Waals surface area contributed by atoms with E-state index in [2.05, 4.69) is 37.9 Å². The van der Waals surface area contributed by atoms with Crippen LogP contribution in [0.2, 0.25) is 0 Å². The maximum Gasteiger partial charge on any atom is 0.186 e. The average Bonchev–Trinajstić information content (AvgIpc) is 3.19. The third kappa shape index (κ3) is 3.95. The molecule has 1 heterocycles. The zero-order chi connectivity index (χ0) is 14.5. The molecule has 0 spiro atoms. The first kappa shape index (κ1) is 15.8. The second kappa shape index (κ2) is 7.41. The Morgan fingerprint density at radius 1 is 1.35 bits per heavy atom. The summed E-state index contributed by atoms with van der Waals surface area (Å²) >= 11 is 1.90. The number of anilines is 1. The van der Waals surface area contributed by atoms with Crippen molar-refractivity contribution in [1.82, 2.24) is 10.3 Å². The monoisotopic (exact) mass is 295 g/mol. The molecule has 0 bridgehead atoms. The Morgan fingerprint density at radius 3 is 2.70 bits per heavy atom. The molecule has 1 aromatic rings. The minimum atomic E-state index is 0.424. The molecule has 0 saturated heterocycles. The van der Waals surface area contributed by atoms with Crippen LogP contribution in [0.3, 0.4) is 0 Å². The predicted molar refractivity (Wildman–Crippen MR) is 88.8 cm³/mol. The van der Waals surface area contributed by atoms with E-state index in [1.807, 2.05) is 11.3 Å². The van der Waals surface area contributed by atoms with Crippen molar-refractivity contribution < 1.29 is 0 Å². The number of rotatable bonds is 9. The number of hydrogen-bond donors (Lipinski definition) is 1. The molecule has 0 aliphatic heterocycles. The zero-order valence-corrected chi connectivity index (χ0v) is 14.2. The van der Waals surface area contributed by atoms with Crippen LogP contribution in [0.4, 0.5) is 5.13 Å². The Bertz CT molecular complexity index is 412. The van der Waals surface area contributed by atoms with Crippen molar-refractivity contribution in [3.05, 3.63) is 10.6 Å². The second-order valence-corrected chi connectivity index (χ2v) is 6.91. The van der Waals surface area contributed by atoms with Gasteiger partial charge in [-0.05, 0) is 46.1 Å². The van der Waals surface area contributed by atoms with Crippen molar-refractivity contribution in [2.24, 2.45) is 0 Å². The number of unbranched alkanes of at least 4 members (excludes halogenated alkanes) is 1. The molecule has 1 saturated carbocycles. The van der Waals surface area contributed by atoms with Crippen molar-refractivity contribution in [1.29, 1.82) is 0 Å². The van der Waals surface area contributed by atoms with Crippen LogP contribution in [0.1, 0.15) is 69.5 Å². The molecule has 1 aromatic heterocycles. The largest absolute Gasteiger partial charge is 0.345 e. The summed E-state index contributed by atoms with van der Waals surface area (Å²) < 4.78 is 0. The molecule has 114 valence electrons. The molecule has 1 N–H and O–H groups in total. The summed E-state index contributed by atoms with van der Waals surface area (Å²) in [5.41, 5.74) is 1.21. The van der Waals surface area contributed by atoms with E-state index in [-0.39, 0.29) is 0 Å². The van der Waals surface area contributed by atoms with Gasteiger partial charge in [-0.2, -0.15) is 0 Å². The lowest BCUT2D eigenvalue weighted by Gasteiger charge is -2.21. The topological polar surface area (TPSA) is 28.2 Å². The Kier molecular flexibility index (Phi) is 5.85. The molecule has 20 heavy (non-hydrogen) atoms. The quantitative estimate of drug-likeness (QED) is 0.737. The number of nitrogens with zero attached hydrogens (tertiary/aromatic N) is 2. The maximum absolute atomic E-state index is 4.86. The van der Waals surface area contributed by atoms with Crippen LogP contribution in [-0.2, 0) is 0 Å². The van der Waals surface area contributed by atoms with Gasteiger partial charge >= 0.3 is 0 Å². The molecular weight excluding hydrogens is 266 g/mol. The van der Waals surface area contributed by atoms with E-state index >= 15 is 0 Å². The van der Waals surface area contributed by atoms with Crippen LogP contribution in [0.25, 0.3) is 0 Å². The van der Waals surface area contributed by atoms with E-state index in [0.717, 1.165) is 12.6 Å². The molecule has 4 heteroatoms. The number of nitrogens with one attached hydrogen (secondary N) is 1. The number of aromatic nitrogens is 1.